The van der Waals surface area contributed by atoms with Gasteiger partial charge in [-0.15, -0.1) is 11.3 Å². The highest BCUT2D eigenvalue weighted by molar-refractivity contribution is 7.18. The highest BCUT2D eigenvalue weighted by atomic mass is 32.1. The molecule has 5 nitrogen and oxygen atoms in total. The number of anilines is 1. The predicted molar refractivity (Wildman–Crippen MR) is 124 cm³/mol. The van der Waals surface area contributed by atoms with Crippen LogP contribution >= 0.6 is 11.3 Å². The average Bonchev–Trinajstić information content (AvgIpc) is 3.17. The second-order valence-electron chi connectivity index (χ2n) is 8.39. The molecule has 164 valence electrons. The Labute approximate surface area is 186 Å². The fourth-order valence-electron chi connectivity index (χ4n) is 3.36. The smallest absolute Gasteiger partial charge is 0.408 e. The molecule has 0 aliphatic heterocycles. The summed E-state index contributed by atoms with van der Waals surface area (Å²) in [6.45, 7) is 9.60. The molecule has 0 radical (unpaired) electrons. The molecule has 7 heteroatoms. The minimum absolute atomic E-state index is 0.103. The number of halogens is 1. The van der Waals surface area contributed by atoms with Gasteiger partial charge in [-0.2, -0.15) is 0 Å². The molecule has 31 heavy (non-hydrogen) atoms. The Bertz CT molecular complexity index is 1090. The number of nitrogens with two attached hydrogens (primary N) is 1. The number of carbonyl (C=O) groups is 1. The lowest BCUT2D eigenvalue weighted by molar-refractivity contribution is 0.0502. The summed E-state index contributed by atoms with van der Waals surface area (Å²) in [5.74, 6) is -0.438. The first kappa shape index (κ1) is 22.7. The van der Waals surface area contributed by atoms with Crippen LogP contribution in [0.1, 0.15) is 51.3 Å². The third kappa shape index (κ3) is 5.41. The van der Waals surface area contributed by atoms with Crippen molar-refractivity contribution in [3.63, 3.8) is 0 Å². The van der Waals surface area contributed by atoms with Gasteiger partial charge in [0, 0.05) is 11.8 Å². The molecule has 0 saturated carbocycles. The molecule has 0 spiro atoms. The van der Waals surface area contributed by atoms with E-state index in [1.807, 2.05) is 59.0 Å². The molecular formula is C24H28FN3O2S. The molecule has 0 aliphatic rings. The quantitative estimate of drug-likeness (QED) is 0.444. The van der Waals surface area contributed by atoms with Crippen LogP contribution < -0.4 is 11.1 Å². The first-order chi connectivity index (χ1) is 14.6. The molecular weight excluding hydrogens is 413 g/mol. The van der Waals surface area contributed by atoms with Crippen molar-refractivity contribution in [2.24, 2.45) is 0 Å². The molecule has 0 unspecified atom stereocenters. The fourth-order valence-corrected chi connectivity index (χ4v) is 4.35. The first-order valence-electron chi connectivity index (χ1n) is 10.2. The van der Waals surface area contributed by atoms with Gasteiger partial charge in [0.05, 0.1) is 16.6 Å². The van der Waals surface area contributed by atoms with E-state index in [-0.39, 0.29) is 11.7 Å². The lowest BCUT2D eigenvalue weighted by Gasteiger charge is -2.24. The third-order valence-electron chi connectivity index (χ3n) is 4.86. The van der Waals surface area contributed by atoms with Crippen LogP contribution in [0, 0.1) is 12.7 Å². The second kappa shape index (κ2) is 9.06. The van der Waals surface area contributed by atoms with Gasteiger partial charge in [-0.25, -0.2) is 14.2 Å². The number of ether oxygens (including phenoxy) is 1. The van der Waals surface area contributed by atoms with Gasteiger partial charge in [0.15, 0.2) is 0 Å². The van der Waals surface area contributed by atoms with Gasteiger partial charge in [-0.1, -0.05) is 25.1 Å². The van der Waals surface area contributed by atoms with Crippen LogP contribution in [0.5, 0.6) is 0 Å². The number of aromatic nitrogens is 1. The molecule has 0 saturated heterocycles. The Hall–Kier alpha value is -2.93. The predicted octanol–water partition coefficient (Wildman–Crippen LogP) is 6.48. The summed E-state index contributed by atoms with van der Waals surface area (Å²) in [5.41, 5.74) is 9.18. The molecule has 2 aromatic carbocycles. The first-order valence-corrected chi connectivity index (χ1v) is 11.0. The molecule has 1 heterocycles. The van der Waals surface area contributed by atoms with Crippen LogP contribution in [0.25, 0.3) is 21.0 Å². The summed E-state index contributed by atoms with van der Waals surface area (Å²) < 4.78 is 18.9. The number of thiazole rings is 1. The van der Waals surface area contributed by atoms with Gasteiger partial charge in [0.1, 0.15) is 16.4 Å². The number of alkyl carbamates (subject to hydrolysis) is 1. The Morgan fingerprint density at radius 3 is 2.68 bits per heavy atom. The second-order valence-corrected chi connectivity index (χ2v) is 9.42. The van der Waals surface area contributed by atoms with Crippen LogP contribution in [0.15, 0.2) is 42.6 Å². The summed E-state index contributed by atoms with van der Waals surface area (Å²) in [4.78, 5) is 17.8. The number of hydrogen-bond acceptors (Lipinski definition) is 5. The maximum absolute atomic E-state index is 13.5. The number of hydrogen-bond donors (Lipinski definition) is 2. The zero-order valence-corrected chi connectivity index (χ0v) is 19.3. The van der Waals surface area contributed by atoms with E-state index < -0.39 is 17.5 Å². The Morgan fingerprint density at radius 1 is 1.29 bits per heavy atom. The van der Waals surface area contributed by atoms with Crippen LogP contribution in [0.3, 0.4) is 0 Å². The van der Waals surface area contributed by atoms with E-state index in [4.69, 9.17) is 10.5 Å². The van der Waals surface area contributed by atoms with Crippen LogP contribution in [0.2, 0.25) is 0 Å². The summed E-state index contributed by atoms with van der Waals surface area (Å²) in [7, 11) is 0. The lowest BCUT2D eigenvalue weighted by atomic mass is 9.95. The van der Waals surface area contributed by atoms with Gasteiger partial charge in [-0.05, 0) is 69.0 Å². The molecule has 3 N–H and O–H groups in total. The normalized spacial score (nSPS) is 12.5. The standard InChI is InChI=1S/C24H28FN3O2S/c1-6-20(28-23(29)30-24(3,4)5)16-8-7-9-17(14(16)2)21-13-27-22(31-21)15-10-11-18(25)19(26)12-15/h7-13,20H,6,26H2,1-5H3,(H,28,29)/t20-/m0/s1. The molecule has 0 bridgehead atoms. The van der Waals surface area contributed by atoms with Crippen molar-refractivity contribution in [3.05, 3.63) is 59.5 Å². The van der Waals surface area contributed by atoms with E-state index in [9.17, 15) is 9.18 Å². The summed E-state index contributed by atoms with van der Waals surface area (Å²) in [5, 5.41) is 3.75. The van der Waals surface area contributed by atoms with Gasteiger partial charge in [0.2, 0.25) is 0 Å². The Balaban J connectivity index is 1.89. The minimum Gasteiger partial charge on any atom is -0.444 e. The number of rotatable bonds is 5. The average molecular weight is 442 g/mol. The van der Waals surface area contributed by atoms with E-state index in [0.29, 0.717) is 0 Å². The van der Waals surface area contributed by atoms with E-state index in [2.05, 4.69) is 10.3 Å². The molecule has 1 aromatic heterocycles. The largest absolute Gasteiger partial charge is 0.444 e. The number of carbonyl (C=O) groups excluding carboxylic acids is 1. The SMILES string of the molecule is CC[C@H](NC(=O)OC(C)(C)C)c1cccc(-c2cnc(-c3ccc(F)c(N)c3)s2)c1C. The number of nitrogen functional groups attached to an aromatic ring is 1. The number of nitrogens with zero attached hydrogens (tertiary/aromatic N) is 1. The summed E-state index contributed by atoms with van der Waals surface area (Å²) >= 11 is 1.52. The molecule has 1 amide bonds. The molecule has 1 atom stereocenters. The van der Waals surface area contributed by atoms with Crippen molar-refractivity contribution in [2.45, 2.75) is 52.7 Å². The van der Waals surface area contributed by atoms with Crippen LogP contribution in [-0.4, -0.2) is 16.7 Å². The van der Waals surface area contributed by atoms with Crippen molar-refractivity contribution < 1.29 is 13.9 Å². The zero-order chi connectivity index (χ0) is 22.8. The van der Waals surface area contributed by atoms with E-state index in [0.717, 1.165) is 38.6 Å². The van der Waals surface area contributed by atoms with Crippen molar-refractivity contribution >= 4 is 23.1 Å². The van der Waals surface area contributed by atoms with Gasteiger partial charge < -0.3 is 15.8 Å². The topological polar surface area (TPSA) is 77.2 Å². The summed E-state index contributed by atoms with van der Waals surface area (Å²) in [6, 6.07) is 10.5. The highest BCUT2D eigenvalue weighted by Gasteiger charge is 2.22. The van der Waals surface area contributed by atoms with Crippen molar-refractivity contribution in [1.29, 1.82) is 0 Å². The highest BCUT2D eigenvalue weighted by Crippen LogP contribution is 2.36. The van der Waals surface area contributed by atoms with Crippen molar-refractivity contribution in [2.75, 3.05) is 5.73 Å². The maximum atomic E-state index is 13.5. The van der Waals surface area contributed by atoms with Crippen molar-refractivity contribution in [3.8, 4) is 21.0 Å². The van der Waals surface area contributed by atoms with Gasteiger partial charge in [-0.3, -0.25) is 0 Å². The zero-order valence-electron chi connectivity index (χ0n) is 18.5. The van der Waals surface area contributed by atoms with E-state index >= 15 is 0 Å². The number of nitrogens with one attached hydrogen (secondary N) is 1. The fraction of sp³-hybridized carbons (Fsp3) is 0.333. The molecule has 0 fully saturated rings. The van der Waals surface area contributed by atoms with Crippen molar-refractivity contribution in [1.82, 2.24) is 10.3 Å². The molecule has 3 aromatic rings. The monoisotopic (exact) mass is 441 g/mol. The maximum Gasteiger partial charge on any atom is 0.408 e. The molecule has 3 rings (SSSR count). The summed E-state index contributed by atoms with van der Waals surface area (Å²) in [6.07, 6.45) is 2.11. The third-order valence-corrected chi connectivity index (χ3v) is 5.94. The van der Waals surface area contributed by atoms with Gasteiger partial charge >= 0.3 is 6.09 Å². The van der Waals surface area contributed by atoms with E-state index in [1.165, 1.54) is 17.4 Å². The minimum atomic E-state index is -0.554. The van der Waals surface area contributed by atoms with Gasteiger partial charge in [0.25, 0.3) is 0 Å². The Morgan fingerprint density at radius 2 is 2.03 bits per heavy atom. The lowest BCUT2D eigenvalue weighted by Crippen LogP contribution is -2.35. The number of benzene rings is 2. The van der Waals surface area contributed by atoms with E-state index in [1.54, 1.807) is 12.1 Å². The number of amides is 1. The Kier molecular flexibility index (Phi) is 6.65. The van der Waals surface area contributed by atoms with Crippen LogP contribution in [-0.2, 0) is 4.74 Å². The van der Waals surface area contributed by atoms with Crippen LogP contribution in [0.4, 0.5) is 14.9 Å². The molecule has 0 aliphatic carbocycles.